The van der Waals surface area contributed by atoms with Crippen LogP contribution in [-0.2, 0) is 11.2 Å². The summed E-state index contributed by atoms with van der Waals surface area (Å²) in [7, 11) is 0. The standard InChI is InChI=1S/C20H22FN3O3/c1-2-27-15-8-9-17(16(21)13-15)23-20(26)24-11-10-22-19(25)18(24)12-14-6-4-3-5-7-14/h3-9,13,18H,2,10-12H2,1H3,(H,22,25)(H,23,26). The van der Waals surface area contributed by atoms with Crippen LogP contribution in [0.3, 0.4) is 0 Å². The first-order valence-corrected chi connectivity index (χ1v) is 8.90. The van der Waals surface area contributed by atoms with Crippen molar-refractivity contribution >= 4 is 17.6 Å². The molecule has 1 saturated heterocycles. The maximum atomic E-state index is 14.2. The van der Waals surface area contributed by atoms with Crippen LogP contribution in [0.4, 0.5) is 14.9 Å². The fourth-order valence-corrected chi connectivity index (χ4v) is 3.04. The molecule has 1 fully saturated rings. The summed E-state index contributed by atoms with van der Waals surface area (Å²) in [5, 5.41) is 5.34. The van der Waals surface area contributed by atoms with Crippen molar-refractivity contribution in [2.45, 2.75) is 19.4 Å². The van der Waals surface area contributed by atoms with Gasteiger partial charge in [0.15, 0.2) is 0 Å². The summed E-state index contributed by atoms with van der Waals surface area (Å²) < 4.78 is 19.5. The topological polar surface area (TPSA) is 70.7 Å². The van der Waals surface area contributed by atoms with E-state index in [1.54, 1.807) is 6.07 Å². The molecular weight excluding hydrogens is 349 g/mol. The number of nitrogens with one attached hydrogen (secondary N) is 2. The van der Waals surface area contributed by atoms with Crippen molar-refractivity contribution < 1.29 is 18.7 Å². The Morgan fingerprint density at radius 3 is 2.78 bits per heavy atom. The fraction of sp³-hybridized carbons (Fsp3) is 0.300. The molecule has 6 nitrogen and oxygen atoms in total. The number of piperazine rings is 1. The van der Waals surface area contributed by atoms with Crippen LogP contribution in [0.5, 0.6) is 5.75 Å². The average molecular weight is 371 g/mol. The van der Waals surface area contributed by atoms with Gasteiger partial charge in [-0.05, 0) is 24.6 Å². The summed E-state index contributed by atoms with van der Waals surface area (Å²) in [6, 6.07) is 12.6. The first kappa shape index (κ1) is 18.7. The molecule has 2 aromatic carbocycles. The lowest BCUT2D eigenvalue weighted by Gasteiger charge is -2.35. The van der Waals surface area contributed by atoms with Crippen LogP contribution in [-0.4, -0.2) is 42.6 Å². The van der Waals surface area contributed by atoms with E-state index in [2.05, 4.69) is 10.6 Å². The van der Waals surface area contributed by atoms with E-state index in [-0.39, 0.29) is 11.6 Å². The number of urea groups is 1. The molecule has 2 aromatic rings. The summed E-state index contributed by atoms with van der Waals surface area (Å²) in [6.45, 7) is 2.95. The molecule has 142 valence electrons. The zero-order valence-corrected chi connectivity index (χ0v) is 15.1. The predicted octanol–water partition coefficient (Wildman–Crippen LogP) is 2.80. The second-order valence-electron chi connectivity index (χ2n) is 6.19. The van der Waals surface area contributed by atoms with Crippen LogP contribution in [0.1, 0.15) is 12.5 Å². The number of halogens is 1. The maximum Gasteiger partial charge on any atom is 0.322 e. The summed E-state index contributed by atoms with van der Waals surface area (Å²) in [5.74, 6) is -0.407. The Hall–Kier alpha value is -3.09. The molecule has 0 spiro atoms. The maximum absolute atomic E-state index is 14.2. The molecule has 7 heteroatoms. The highest BCUT2D eigenvalue weighted by atomic mass is 19.1. The molecule has 0 saturated carbocycles. The smallest absolute Gasteiger partial charge is 0.322 e. The lowest BCUT2D eigenvalue weighted by atomic mass is 10.0. The molecule has 0 aromatic heterocycles. The lowest BCUT2D eigenvalue weighted by molar-refractivity contribution is -0.127. The van der Waals surface area contributed by atoms with E-state index in [1.807, 2.05) is 37.3 Å². The molecule has 3 amide bonds. The Bertz CT molecular complexity index is 813. The zero-order valence-electron chi connectivity index (χ0n) is 15.1. The third-order valence-electron chi connectivity index (χ3n) is 4.36. The number of rotatable bonds is 5. The quantitative estimate of drug-likeness (QED) is 0.849. The Morgan fingerprint density at radius 2 is 2.07 bits per heavy atom. The largest absolute Gasteiger partial charge is 0.494 e. The van der Waals surface area contributed by atoms with E-state index < -0.39 is 17.9 Å². The van der Waals surface area contributed by atoms with Crippen molar-refractivity contribution in [2.75, 3.05) is 25.0 Å². The van der Waals surface area contributed by atoms with Crippen molar-refractivity contribution in [3.8, 4) is 5.75 Å². The number of carbonyl (C=O) groups is 2. The normalized spacial score (nSPS) is 16.6. The Labute approximate surface area is 157 Å². The van der Waals surface area contributed by atoms with Gasteiger partial charge in [0, 0.05) is 25.6 Å². The van der Waals surface area contributed by atoms with Gasteiger partial charge in [-0.15, -0.1) is 0 Å². The van der Waals surface area contributed by atoms with Gasteiger partial charge in [0.1, 0.15) is 17.6 Å². The third-order valence-corrected chi connectivity index (χ3v) is 4.36. The van der Waals surface area contributed by atoms with Gasteiger partial charge in [0.05, 0.1) is 12.3 Å². The van der Waals surface area contributed by atoms with E-state index in [0.29, 0.717) is 31.9 Å². The van der Waals surface area contributed by atoms with Crippen LogP contribution in [0.15, 0.2) is 48.5 Å². The van der Waals surface area contributed by atoms with Gasteiger partial charge in [-0.3, -0.25) is 4.79 Å². The molecule has 27 heavy (non-hydrogen) atoms. The molecule has 1 aliphatic rings. The molecule has 0 bridgehead atoms. The number of benzene rings is 2. The van der Waals surface area contributed by atoms with Crippen LogP contribution in [0.25, 0.3) is 0 Å². The van der Waals surface area contributed by atoms with E-state index in [1.165, 1.54) is 17.0 Å². The molecule has 0 aliphatic carbocycles. The summed E-state index contributed by atoms with van der Waals surface area (Å²) in [6.07, 6.45) is 0.395. The van der Waals surface area contributed by atoms with E-state index in [9.17, 15) is 14.0 Å². The summed E-state index contributed by atoms with van der Waals surface area (Å²) >= 11 is 0. The van der Waals surface area contributed by atoms with Crippen molar-refractivity contribution in [1.29, 1.82) is 0 Å². The first-order valence-electron chi connectivity index (χ1n) is 8.90. The van der Waals surface area contributed by atoms with Gasteiger partial charge < -0.3 is 20.3 Å². The molecule has 2 N–H and O–H groups in total. The second kappa shape index (κ2) is 8.53. The minimum atomic E-state index is -0.646. The van der Waals surface area contributed by atoms with Crippen molar-refractivity contribution in [3.63, 3.8) is 0 Å². The van der Waals surface area contributed by atoms with Crippen LogP contribution in [0, 0.1) is 5.82 Å². The number of carbonyl (C=O) groups excluding carboxylic acids is 2. The number of hydrogen-bond donors (Lipinski definition) is 2. The van der Waals surface area contributed by atoms with Gasteiger partial charge >= 0.3 is 6.03 Å². The molecule has 1 heterocycles. The SMILES string of the molecule is CCOc1ccc(NC(=O)N2CCNC(=O)C2Cc2ccccc2)c(F)c1. The third kappa shape index (κ3) is 4.55. The molecule has 0 radical (unpaired) electrons. The van der Waals surface area contributed by atoms with Crippen LogP contribution in [0.2, 0.25) is 0 Å². The average Bonchev–Trinajstić information content (AvgIpc) is 2.66. The number of ether oxygens (including phenoxy) is 1. The second-order valence-corrected chi connectivity index (χ2v) is 6.19. The van der Waals surface area contributed by atoms with E-state index in [0.717, 1.165) is 5.56 Å². The van der Waals surface area contributed by atoms with E-state index >= 15 is 0 Å². The highest BCUT2D eigenvalue weighted by molar-refractivity contribution is 5.94. The first-order chi connectivity index (χ1) is 13.1. The number of anilines is 1. The Morgan fingerprint density at radius 1 is 1.30 bits per heavy atom. The molecule has 1 aliphatic heterocycles. The predicted molar refractivity (Wildman–Crippen MR) is 100 cm³/mol. The lowest BCUT2D eigenvalue weighted by Crippen LogP contribution is -2.59. The number of hydrogen-bond acceptors (Lipinski definition) is 3. The van der Waals surface area contributed by atoms with Crippen molar-refractivity contribution in [1.82, 2.24) is 10.2 Å². The van der Waals surface area contributed by atoms with Gasteiger partial charge in [-0.1, -0.05) is 30.3 Å². The molecule has 1 atom stereocenters. The fourth-order valence-electron chi connectivity index (χ4n) is 3.04. The molecule has 1 unspecified atom stereocenters. The number of amides is 3. The molecule has 3 rings (SSSR count). The van der Waals surface area contributed by atoms with Crippen molar-refractivity contribution in [2.24, 2.45) is 0 Å². The minimum Gasteiger partial charge on any atom is -0.494 e. The zero-order chi connectivity index (χ0) is 19.2. The minimum absolute atomic E-state index is 0.0490. The molecular formula is C20H22FN3O3. The Kier molecular flexibility index (Phi) is 5.90. The Balaban J connectivity index is 1.74. The summed E-state index contributed by atoms with van der Waals surface area (Å²) in [4.78, 5) is 26.5. The number of nitrogens with zero attached hydrogens (tertiary/aromatic N) is 1. The summed E-state index contributed by atoms with van der Waals surface area (Å²) in [5.41, 5.74) is 0.998. The highest BCUT2D eigenvalue weighted by Gasteiger charge is 2.33. The van der Waals surface area contributed by atoms with Gasteiger partial charge in [-0.2, -0.15) is 0 Å². The van der Waals surface area contributed by atoms with Gasteiger partial charge in [0.2, 0.25) is 5.91 Å². The van der Waals surface area contributed by atoms with Crippen LogP contribution < -0.4 is 15.4 Å². The highest BCUT2D eigenvalue weighted by Crippen LogP contribution is 2.22. The monoisotopic (exact) mass is 371 g/mol. The van der Waals surface area contributed by atoms with Crippen molar-refractivity contribution in [3.05, 3.63) is 59.9 Å². The van der Waals surface area contributed by atoms with Gasteiger partial charge in [0.25, 0.3) is 0 Å². The van der Waals surface area contributed by atoms with E-state index in [4.69, 9.17) is 4.74 Å². The van der Waals surface area contributed by atoms with Crippen LogP contribution >= 0.6 is 0 Å². The van der Waals surface area contributed by atoms with Gasteiger partial charge in [-0.25, -0.2) is 9.18 Å².